The van der Waals surface area contributed by atoms with Crippen molar-refractivity contribution in [3.63, 3.8) is 0 Å². The quantitative estimate of drug-likeness (QED) is 0.482. The molecule has 1 aromatic heterocycles. The molecule has 0 saturated carbocycles. The standard InChI is InChI=1S/C11H22N6O5/c1-18-6-10(19-2,20-3)11(21-4,22-5)17-9-15-7(12)14-8(13)16-9/h6H2,1-5H3,(H5,12,13,14,15,16,17). The lowest BCUT2D eigenvalue weighted by atomic mass is 10.2. The number of ether oxygens (including phenoxy) is 5. The first-order valence-corrected chi connectivity index (χ1v) is 6.17. The van der Waals surface area contributed by atoms with Crippen molar-refractivity contribution in [1.29, 1.82) is 0 Å². The van der Waals surface area contributed by atoms with E-state index in [9.17, 15) is 0 Å². The number of nitrogens with one attached hydrogen (secondary N) is 1. The Balaban J connectivity index is 3.29. The predicted octanol–water partition coefficient (Wildman–Crippen LogP) is -0.970. The Hall–Kier alpha value is -1.79. The van der Waals surface area contributed by atoms with Gasteiger partial charge >= 0.3 is 5.91 Å². The lowest BCUT2D eigenvalue weighted by Crippen LogP contribution is -2.66. The largest absolute Gasteiger partial charge is 0.379 e. The zero-order valence-electron chi connectivity index (χ0n) is 13.2. The van der Waals surface area contributed by atoms with Crippen LogP contribution in [0.25, 0.3) is 0 Å². The molecule has 1 rings (SSSR count). The molecule has 0 aliphatic heterocycles. The third-order valence-electron chi connectivity index (χ3n) is 3.02. The van der Waals surface area contributed by atoms with Gasteiger partial charge in [-0.05, 0) is 0 Å². The van der Waals surface area contributed by atoms with Gasteiger partial charge in [-0.1, -0.05) is 0 Å². The number of nitrogens with zero attached hydrogens (tertiary/aromatic N) is 3. The minimum absolute atomic E-state index is 0.0169. The molecule has 0 aliphatic rings. The molecule has 1 heterocycles. The molecule has 11 heteroatoms. The second-order valence-corrected chi connectivity index (χ2v) is 4.12. The second kappa shape index (κ2) is 7.47. The number of nitrogen functional groups attached to an aromatic ring is 2. The molecule has 126 valence electrons. The highest BCUT2D eigenvalue weighted by Gasteiger charge is 2.56. The number of anilines is 3. The van der Waals surface area contributed by atoms with E-state index in [1.165, 1.54) is 35.5 Å². The third kappa shape index (κ3) is 3.34. The number of hydrogen-bond acceptors (Lipinski definition) is 11. The highest BCUT2D eigenvalue weighted by molar-refractivity contribution is 5.38. The molecule has 0 fully saturated rings. The van der Waals surface area contributed by atoms with Gasteiger partial charge in [0.1, 0.15) is 6.61 Å². The Morgan fingerprint density at radius 2 is 1.36 bits per heavy atom. The Morgan fingerprint density at radius 3 is 1.73 bits per heavy atom. The van der Waals surface area contributed by atoms with Gasteiger partial charge in [-0.15, -0.1) is 0 Å². The average molecular weight is 318 g/mol. The van der Waals surface area contributed by atoms with Gasteiger partial charge in [-0.3, -0.25) is 5.32 Å². The molecule has 0 aromatic carbocycles. The van der Waals surface area contributed by atoms with Gasteiger partial charge in [0.15, 0.2) is 0 Å². The van der Waals surface area contributed by atoms with Crippen LogP contribution >= 0.6 is 0 Å². The van der Waals surface area contributed by atoms with Crippen molar-refractivity contribution in [3.8, 4) is 0 Å². The first-order chi connectivity index (χ1) is 10.4. The second-order valence-electron chi connectivity index (χ2n) is 4.12. The molecule has 0 unspecified atom stereocenters. The SMILES string of the molecule is COCC(OC)(OC)C(Nc1nc(N)nc(N)n1)(OC)OC. The highest BCUT2D eigenvalue weighted by atomic mass is 16.8. The Labute approximate surface area is 128 Å². The van der Waals surface area contributed by atoms with Crippen LogP contribution < -0.4 is 16.8 Å². The number of hydrogen-bond donors (Lipinski definition) is 3. The summed E-state index contributed by atoms with van der Waals surface area (Å²) in [5.74, 6) is -3.23. The van der Waals surface area contributed by atoms with Gasteiger partial charge in [-0.25, -0.2) is 0 Å². The summed E-state index contributed by atoms with van der Waals surface area (Å²) in [7, 11) is 7.06. The van der Waals surface area contributed by atoms with Gasteiger partial charge in [0, 0.05) is 35.5 Å². The summed E-state index contributed by atoms with van der Waals surface area (Å²) < 4.78 is 26.8. The summed E-state index contributed by atoms with van der Waals surface area (Å²) in [6.07, 6.45) is 0. The van der Waals surface area contributed by atoms with Crippen molar-refractivity contribution >= 4 is 17.8 Å². The van der Waals surface area contributed by atoms with Crippen LogP contribution in [0.15, 0.2) is 0 Å². The molecule has 0 bridgehead atoms. The van der Waals surface area contributed by atoms with Gasteiger partial charge in [-0.2, -0.15) is 15.0 Å². The Kier molecular flexibility index (Phi) is 6.20. The van der Waals surface area contributed by atoms with E-state index in [2.05, 4.69) is 20.3 Å². The fourth-order valence-corrected chi connectivity index (χ4v) is 1.96. The first-order valence-electron chi connectivity index (χ1n) is 6.17. The summed E-state index contributed by atoms with van der Waals surface area (Å²) in [4.78, 5) is 11.5. The number of rotatable bonds is 9. The van der Waals surface area contributed by atoms with Crippen LogP contribution in [0.1, 0.15) is 0 Å². The van der Waals surface area contributed by atoms with E-state index in [1.54, 1.807) is 0 Å². The Morgan fingerprint density at radius 1 is 0.864 bits per heavy atom. The van der Waals surface area contributed by atoms with E-state index >= 15 is 0 Å². The van der Waals surface area contributed by atoms with Crippen LogP contribution in [0.2, 0.25) is 0 Å². The van der Waals surface area contributed by atoms with E-state index in [4.69, 9.17) is 35.2 Å². The molecule has 0 aliphatic carbocycles. The highest BCUT2D eigenvalue weighted by Crippen LogP contribution is 2.32. The third-order valence-corrected chi connectivity index (χ3v) is 3.02. The summed E-state index contributed by atoms with van der Waals surface area (Å²) in [6.45, 7) is -0.0231. The van der Waals surface area contributed by atoms with Crippen LogP contribution in [0.4, 0.5) is 17.8 Å². The minimum Gasteiger partial charge on any atom is -0.379 e. The topological polar surface area (TPSA) is 149 Å². The van der Waals surface area contributed by atoms with Crippen molar-refractivity contribution in [2.24, 2.45) is 0 Å². The molecule has 0 radical (unpaired) electrons. The van der Waals surface area contributed by atoms with Crippen LogP contribution in [-0.4, -0.2) is 68.8 Å². The molecule has 1 aromatic rings. The smallest absolute Gasteiger partial charge is 0.310 e. The van der Waals surface area contributed by atoms with Crippen LogP contribution in [0.3, 0.4) is 0 Å². The molecule has 0 amide bonds. The van der Waals surface area contributed by atoms with E-state index in [1.807, 2.05) is 0 Å². The number of nitrogens with two attached hydrogens (primary N) is 2. The van der Waals surface area contributed by atoms with E-state index in [0.717, 1.165) is 0 Å². The zero-order valence-corrected chi connectivity index (χ0v) is 13.2. The van der Waals surface area contributed by atoms with Gasteiger partial charge in [0.2, 0.25) is 17.8 Å². The van der Waals surface area contributed by atoms with E-state index < -0.39 is 11.7 Å². The summed E-state index contributed by atoms with van der Waals surface area (Å²) in [6, 6.07) is 0. The van der Waals surface area contributed by atoms with E-state index in [-0.39, 0.29) is 24.5 Å². The van der Waals surface area contributed by atoms with Crippen LogP contribution in [0, 0.1) is 0 Å². The lowest BCUT2D eigenvalue weighted by molar-refractivity contribution is -0.385. The average Bonchev–Trinajstić information content (AvgIpc) is 2.49. The van der Waals surface area contributed by atoms with Gasteiger partial charge in [0.25, 0.3) is 5.79 Å². The monoisotopic (exact) mass is 318 g/mol. The molecular formula is C11H22N6O5. The van der Waals surface area contributed by atoms with Crippen LogP contribution in [0.5, 0.6) is 0 Å². The van der Waals surface area contributed by atoms with Crippen molar-refractivity contribution in [2.75, 3.05) is 58.9 Å². The molecule has 0 atom stereocenters. The summed E-state index contributed by atoms with van der Waals surface area (Å²) in [5.41, 5.74) is 11.1. The minimum atomic E-state index is -1.65. The molecular weight excluding hydrogens is 296 g/mol. The van der Waals surface area contributed by atoms with Crippen molar-refractivity contribution < 1.29 is 23.7 Å². The van der Waals surface area contributed by atoms with Crippen LogP contribution in [-0.2, 0) is 23.7 Å². The van der Waals surface area contributed by atoms with Crippen molar-refractivity contribution in [3.05, 3.63) is 0 Å². The predicted molar refractivity (Wildman–Crippen MR) is 77.6 cm³/mol. The fourth-order valence-electron chi connectivity index (χ4n) is 1.96. The first kappa shape index (κ1) is 18.3. The maximum atomic E-state index is 5.54. The molecule has 22 heavy (non-hydrogen) atoms. The molecule has 0 saturated heterocycles. The maximum absolute atomic E-state index is 5.54. The summed E-state index contributed by atoms with van der Waals surface area (Å²) >= 11 is 0. The molecule has 5 N–H and O–H groups in total. The van der Waals surface area contributed by atoms with Crippen molar-refractivity contribution in [2.45, 2.75) is 11.7 Å². The number of aromatic nitrogens is 3. The van der Waals surface area contributed by atoms with Gasteiger partial charge < -0.3 is 35.2 Å². The molecule has 0 spiro atoms. The normalized spacial score (nSPS) is 12.4. The maximum Gasteiger partial charge on any atom is 0.310 e. The zero-order chi connectivity index (χ0) is 16.8. The summed E-state index contributed by atoms with van der Waals surface area (Å²) in [5, 5.41) is 2.80. The van der Waals surface area contributed by atoms with Gasteiger partial charge in [0.05, 0.1) is 0 Å². The lowest BCUT2D eigenvalue weighted by Gasteiger charge is -2.44. The molecule has 11 nitrogen and oxygen atoms in total. The Bertz CT molecular complexity index is 460. The number of methoxy groups -OCH3 is 5. The van der Waals surface area contributed by atoms with E-state index in [0.29, 0.717) is 0 Å². The van der Waals surface area contributed by atoms with Crippen molar-refractivity contribution in [1.82, 2.24) is 15.0 Å². The fraction of sp³-hybridized carbons (Fsp3) is 0.727.